The summed E-state index contributed by atoms with van der Waals surface area (Å²) in [4.78, 5) is 14.2. The summed E-state index contributed by atoms with van der Waals surface area (Å²) in [6, 6.07) is 9.54. The van der Waals surface area contributed by atoms with Crippen LogP contribution in [0, 0.1) is 0 Å². The molecule has 4 heteroatoms. The molecule has 0 aliphatic carbocycles. The number of rotatable bonds is 5. The number of nitrogens with zero attached hydrogens (tertiary/aromatic N) is 1. The first-order chi connectivity index (χ1) is 10.7. The average molecular weight is 302 g/mol. The van der Waals surface area contributed by atoms with Crippen LogP contribution in [-0.4, -0.2) is 42.6 Å². The smallest absolute Gasteiger partial charge is 0.260 e. The van der Waals surface area contributed by atoms with Gasteiger partial charge in [-0.1, -0.05) is 19.1 Å². The van der Waals surface area contributed by atoms with Gasteiger partial charge in [-0.05, 0) is 49.8 Å². The number of hydrogen-bond acceptors (Lipinski definition) is 3. The van der Waals surface area contributed by atoms with Gasteiger partial charge in [0.2, 0.25) is 0 Å². The van der Waals surface area contributed by atoms with Crippen LogP contribution in [0.5, 0.6) is 5.75 Å². The van der Waals surface area contributed by atoms with Crippen molar-refractivity contribution in [1.29, 1.82) is 0 Å². The molecule has 2 heterocycles. The Kier molecular flexibility index (Phi) is 4.67. The van der Waals surface area contributed by atoms with Gasteiger partial charge in [0.15, 0.2) is 6.61 Å². The van der Waals surface area contributed by atoms with E-state index in [1.807, 2.05) is 36.2 Å². The van der Waals surface area contributed by atoms with Crippen LogP contribution in [0.1, 0.15) is 38.2 Å². The average Bonchev–Trinajstić information content (AvgIpc) is 2.90. The van der Waals surface area contributed by atoms with E-state index in [1.165, 1.54) is 18.4 Å². The summed E-state index contributed by atoms with van der Waals surface area (Å²) in [5.74, 6) is 0.843. The van der Waals surface area contributed by atoms with Gasteiger partial charge in [0.05, 0.1) is 0 Å². The first-order valence-electron chi connectivity index (χ1n) is 8.39. The molecule has 1 amide bonds. The molecular formula is C18H26N2O2. The molecule has 2 unspecified atom stereocenters. The van der Waals surface area contributed by atoms with Crippen molar-refractivity contribution in [3.8, 4) is 5.75 Å². The minimum Gasteiger partial charge on any atom is -0.484 e. The summed E-state index contributed by atoms with van der Waals surface area (Å²) >= 11 is 0. The third kappa shape index (κ3) is 3.43. The molecule has 0 spiro atoms. The number of ether oxygens (including phenoxy) is 1. The second-order valence-electron chi connectivity index (χ2n) is 6.55. The lowest BCUT2D eigenvalue weighted by molar-refractivity contribution is -0.134. The number of likely N-dealkylation sites (N-methyl/N-ethyl adjacent to an activating group) is 1. The predicted molar refractivity (Wildman–Crippen MR) is 87.1 cm³/mol. The van der Waals surface area contributed by atoms with Crippen LogP contribution in [0.15, 0.2) is 24.3 Å². The first-order valence-corrected chi connectivity index (χ1v) is 8.39. The molecular weight excluding hydrogens is 276 g/mol. The number of carbonyl (C=O) groups is 1. The van der Waals surface area contributed by atoms with E-state index in [-0.39, 0.29) is 12.5 Å². The molecule has 4 nitrogen and oxygen atoms in total. The minimum atomic E-state index is 0.0749. The van der Waals surface area contributed by atoms with Crippen molar-refractivity contribution in [3.63, 3.8) is 0 Å². The third-order valence-electron chi connectivity index (χ3n) is 5.08. The molecule has 0 aromatic heterocycles. The van der Waals surface area contributed by atoms with Crippen molar-refractivity contribution in [2.45, 2.75) is 57.2 Å². The maximum Gasteiger partial charge on any atom is 0.260 e. The fourth-order valence-corrected chi connectivity index (χ4v) is 3.62. The Morgan fingerprint density at radius 3 is 2.45 bits per heavy atom. The number of carbonyl (C=O) groups excluding carboxylic acids is 1. The first kappa shape index (κ1) is 15.3. The monoisotopic (exact) mass is 302 g/mol. The summed E-state index contributed by atoms with van der Waals surface area (Å²) in [5.41, 5.74) is 1.28. The molecule has 2 aliphatic heterocycles. The van der Waals surface area contributed by atoms with Gasteiger partial charge in [-0.2, -0.15) is 0 Å². The van der Waals surface area contributed by atoms with E-state index in [2.05, 4.69) is 12.2 Å². The fraction of sp³-hybridized carbons (Fsp3) is 0.611. The lowest BCUT2D eigenvalue weighted by Gasteiger charge is -2.35. The van der Waals surface area contributed by atoms with Crippen molar-refractivity contribution in [2.24, 2.45) is 0 Å². The number of aryl methyl sites for hydroxylation is 1. The Balaban J connectivity index is 1.50. The van der Waals surface area contributed by atoms with E-state index < -0.39 is 0 Å². The number of nitrogens with one attached hydrogen (secondary N) is 1. The molecule has 1 aromatic rings. The maximum absolute atomic E-state index is 12.4. The van der Waals surface area contributed by atoms with Gasteiger partial charge in [-0.3, -0.25) is 4.79 Å². The van der Waals surface area contributed by atoms with Crippen LogP contribution < -0.4 is 10.1 Å². The number of fused-ring (bicyclic) bond motifs is 2. The number of hydrogen-bond donors (Lipinski definition) is 1. The van der Waals surface area contributed by atoms with Crippen LogP contribution in [0.25, 0.3) is 0 Å². The van der Waals surface area contributed by atoms with E-state index in [1.54, 1.807) is 0 Å². The second-order valence-corrected chi connectivity index (χ2v) is 6.55. The number of amides is 1. The van der Waals surface area contributed by atoms with Gasteiger partial charge in [-0.15, -0.1) is 0 Å². The maximum atomic E-state index is 12.4. The SMILES string of the molecule is CCc1ccc(OCC(=O)N(C)C2CC3CCC(C2)N3)cc1. The molecule has 120 valence electrons. The number of piperidine rings is 1. The Morgan fingerprint density at radius 2 is 1.86 bits per heavy atom. The summed E-state index contributed by atoms with van der Waals surface area (Å²) in [5, 5.41) is 3.61. The quantitative estimate of drug-likeness (QED) is 0.908. The molecule has 1 aromatic carbocycles. The molecule has 0 saturated carbocycles. The van der Waals surface area contributed by atoms with Crippen LogP contribution >= 0.6 is 0 Å². The summed E-state index contributed by atoms with van der Waals surface area (Å²) < 4.78 is 5.64. The topological polar surface area (TPSA) is 41.6 Å². The zero-order chi connectivity index (χ0) is 15.5. The van der Waals surface area contributed by atoms with E-state index in [4.69, 9.17) is 4.74 Å². The lowest BCUT2D eigenvalue weighted by atomic mass is 9.98. The van der Waals surface area contributed by atoms with E-state index in [0.29, 0.717) is 18.1 Å². The standard InChI is InChI=1S/C18H26N2O2/c1-3-13-4-8-17(9-5-13)22-12-18(21)20(2)16-10-14-6-7-15(11-16)19-14/h4-5,8-9,14-16,19H,3,6-7,10-12H2,1-2H3. The second kappa shape index (κ2) is 6.69. The van der Waals surface area contributed by atoms with Gasteiger partial charge in [-0.25, -0.2) is 0 Å². The molecule has 3 rings (SSSR count). The molecule has 1 N–H and O–H groups in total. The minimum absolute atomic E-state index is 0.0749. The van der Waals surface area contributed by atoms with Gasteiger partial charge in [0.25, 0.3) is 5.91 Å². The van der Waals surface area contributed by atoms with Crippen LogP contribution in [0.3, 0.4) is 0 Å². The van der Waals surface area contributed by atoms with Crippen LogP contribution in [-0.2, 0) is 11.2 Å². The lowest BCUT2D eigenvalue weighted by Crippen LogP contribution is -2.49. The van der Waals surface area contributed by atoms with E-state index >= 15 is 0 Å². The normalized spacial score (nSPS) is 26.7. The predicted octanol–water partition coefficient (Wildman–Crippen LogP) is 2.37. The highest BCUT2D eigenvalue weighted by atomic mass is 16.5. The van der Waals surface area contributed by atoms with Gasteiger partial charge in [0.1, 0.15) is 5.75 Å². The number of benzene rings is 1. The van der Waals surface area contributed by atoms with E-state index in [9.17, 15) is 4.79 Å². The van der Waals surface area contributed by atoms with Gasteiger partial charge >= 0.3 is 0 Å². The van der Waals surface area contributed by atoms with Crippen LogP contribution in [0.2, 0.25) is 0 Å². The Bertz CT molecular complexity index is 502. The molecule has 2 aliphatic rings. The van der Waals surface area contributed by atoms with Crippen molar-refractivity contribution in [1.82, 2.24) is 10.2 Å². The van der Waals surface area contributed by atoms with Crippen molar-refractivity contribution >= 4 is 5.91 Å². The zero-order valence-corrected chi connectivity index (χ0v) is 13.5. The highest BCUT2D eigenvalue weighted by molar-refractivity contribution is 5.77. The Morgan fingerprint density at radius 1 is 1.23 bits per heavy atom. The molecule has 2 bridgehead atoms. The third-order valence-corrected chi connectivity index (χ3v) is 5.08. The molecule has 2 atom stereocenters. The molecule has 2 saturated heterocycles. The molecule has 22 heavy (non-hydrogen) atoms. The summed E-state index contributed by atoms with van der Waals surface area (Å²) in [6.45, 7) is 2.25. The van der Waals surface area contributed by atoms with Gasteiger partial charge < -0.3 is 15.0 Å². The van der Waals surface area contributed by atoms with E-state index in [0.717, 1.165) is 25.0 Å². The van der Waals surface area contributed by atoms with Gasteiger partial charge in [0, 0.05) is 25.2 Å². The Hall–Kier alpha value is -1.55. The summed E-state index contributed by atoms with van der Waals surface area (Å²) in [6.07, 6.45) is 5.67. The van der Waals surface area contributed by atoms with Crippen molar-refractivity contribution < 1.29 is 9.53 Å². The van der Waals surface area contributed by atoms with Crippen LogP contribution in [0.4, 0.5) is 0 Å². The fourth-order valence-electron chi connectivity index (χ4n) is 3.62. The molecule has 2 fully saturated rings. The largest absolute Gasteiger partial charge is 0.484 e. The highest BCUT2D eigenvalue weighted by Crippen LogP contribution is 2.29. The van der Waals surface area contributed by atoms with Crippen molar-refractivity contribution in [2.75, 3.05) is 13.7 Å². The summed E-state index contributed by atoms with van der Waals surface area (Å²) in [7, 11) is 1.92. The van der Waals surface area contributed by atoms with Crippen molar-refractivity contribution in [3.05, 3.63) is 29.8 Å². The molecule has 0 radical (unpaired) electrons. The highest BCUT2D eigenvalue weighted by Gasteiger charge is 2.36. The zero-order valence-electron chi connectivity index (χ0n) is 13.5. The Labute approximate surface area is 132 Å².